The van der Waals surface area contributed by atoms with Crippen molar-refractivity contribution >= 4 is 34.1 Å². The molecule has 6 rings (SSSR count). The van der Waals surface area contributed by atoms with Crippen LogP contribution in [0.4, 0.5) is 11.8 Å². The Hall–Kier alpha value is -3.78. The van der Waals surface area contributed by atoms with E-state index in [0.717, 1.165) is 6.33 Å². The first-order valence-corrected chi connectivity index (χ1v) is 11.5. The number of nitrogen functional groups attached to an aromatic ring is 2. The van der Waals surface area contributed by atoms with Crippen molar-refractivity contribution in [1.82, 2.24) is 39.0 Å². The van der Waals surface area contributed by atoms with Crippen molar-refractivity contribution in [1.29, 1.82) is 0 Å². The Kier molecular flexibility index (Phi) is 5.57. The van der Waals surface area contributed by atoms with Crippen molar-refractivity contribution in [2.24, 2.45) is 0 Å². The van der Waals surface area contributed by atoms with Crippen LogP contribution in [0.3, 0.4) is 0 Å². The first-order chi connectivity index (χ1) is 18.2. The van der Waals surface area contributed by atoms with Gasteiger partial charge in [-0.3, -0.25) is 18.9 Å². The van der Waals surface area contributed by atoms with E-state index >= 15 is 0 Å². The lowest BCUT2D eigenvalue weighted by molar-refractivity contribution is -0.177. The van der Waals surface area contributed by atoms with Crippen LogP contribution in [0.25, 0.3) is 22.3 Å². The smallest absolute Gasteiger partial charge is 0.280 e. The van der Waals surface area contributed by atoms with Crippen LogP contribution in [-0.2, 0) is 15.2 Å². The van der Waals surface area contributed by atoms with E-state index in [-0.39, 0.29) is 40.5 Å². The van der Waals surface area contributed by atoms with E-state index in [2.05, 4.69) is 29.9 Å². The summed E-state index contributed by atoms with van der Waals surface area (Å²) in [5, 5.41) is 53.5. The number of ether oxygens (including phenoxy) is 2. The Morgan fingerprint density at radius 3 is 2.47 bits per heavy atom. The van der Waals surface area contributed by atoms with Gasteiger partial charge in [0.15, 0.2) is 34.6 Å². The highest BCUT2D eigenvalue weighted by Gasteiger charge is 2.59. The number of aliphatic hydroxyl groups is 5. The first kappa shape index (κ1) is 24.6. The Morgan fingerprint density at radius 2 is 1.74 bits per heavy atom. The molecule has 202 valence electrons. The Labute approximate surface area is 211 Å². The molecule has 0 spiro atoms. The highest BCUT2D eigenvalue weighted by molar-refractivity contribution is 5.81. The minimum absolute atomic E-state index is 0.0894. The molecule has 2 fully saturated rings. The predicted octanol–water partition coefficient (Wildman–Crippen LogP) is -4.10. The highest BCUT2D eigenvalue weighted by Crippen LogP contribution is 2.44. The van der Waals surface area contributed by atoms with Crippen molar-refractivity contribution in [3.05, 3.63) is 29.3 Å². The molecule has 18 nitrogen and oxygen atoms in total. The number of imidazole rings is 2. The van der Waals surface area contributed by atoms with Crippen molar-refractivity contribution in [2.75, 3.05) is 18.1 Å². The molecule has 0 unspecified atom stereocenters. The number of nitrogens with two attached hydrogens (primary N) is 2. The third-order valence-electron chi connectivity index (χ3n) is 7.03. The third kappa shape index (κ3) is 3.39. The second kappa shape index (κ2) is 8.63. The van der Waals surface area contributed by atoms with Crippen LogP contribution in [0, 0.1) is 0 Å². The molecule has 0 amide bonds. The largest absolute Gasteiger partial charge is 0.394 e. The van der Waals surface area contributed by atoms with Gasteiger partial charge in [0.1, 0.15) is 42.4 Å². The molecular formula is C20H24N10O8. The Balaban J connectivity index is 1.42. The van der Waals surface area contributed by atoms with Crippen LogP contribution in [0.5, 0.6) is 0 Å². The maximum absolute atomic E-state index is 12.4. The predicted molar refractivity (Wildman–Crippen MR) is 125 cm³/mol. The third-order valence-corrected chi connectivity index (χ3v) is 7.03. The average Bonchev–Trinajstić information content (AvgIpc) is 3.63. The number of H-pyrrole nitrogens is 1. The van der Waals surface area contributed by atoms with Crippen molar-refractivity contribution in [3.8, 4) is 0 Å². The quantitative estimate of drug-likeness (QED) is 0.121. The van der Waals surface area contributed by atoms with Gasteiger partial charge < -0.3 is 46.5 Å². The highest BCUT2D eigenvalue weighted by atomic mass is 16.6. The number of aliphatic hydroxyl groups excluding tert-OH is 5. The van der Waals surface area contributed by atoms with Gasteiger partial charge >= 0.3 is 0 Å². The van der Waals surface area contributed by atoms with E-state index in [9.17, 15) is 30.3 Å². The maximum atomic E-state index is 12.4. The fraction of sp³-hybridized carbons (Fsp3) is 0.500. The maximum Gasteiger partial charge on any atom is 0.280 e. The SMILES string of the molecule is Nc1nc2c(ncn2[C@]2(C[C@H]3O[C@@H](n4cnc5c(N)ncnc54)[C@H](O)[C@@H]3O)O[C@H](CO)[C@@H](O)[C@H]2O)c(=O)[nH]1. The number of anilines is 2. The molecule has 0 saturated carbocycles. The van der Waals surface area contributed by atoms with Crippen molar-refractivity contribution in [2.45, 2.75) is 55.0 Å². The molecular weight excluding hydrogens is 508 g/mol. The van der Waals surface area contributed by atoms with Crippen LogP contribution in [0.2, 0.25) is 0 Å². The molecule has 0 aliphatic carbocycles. The van der Waals surface area contributed by atoms with E-state index in [1.54, 1.807) is 0 Å². The molecule has 10 N–H and O–H groups in total. The normalized spacial score (nSPS) is 33.6. The summed E-state index contributed by atoms with van der Waals surface area (Å²) in [5.74, 6) is -0.135. The fourth-order valence-corrected chi connectivity index (χ4v) is 5.16. The first-order valence-electron chi connectivity index (χ1n) is 11.5. The van der Waals surface area contributed by atoms with Gasteiger partial charge in [0.05, 0.1) is 25.4 Å². The standard InChI is InChI=1S/C20H24N10O8/c21-14-8-15(24-3-23-14)29(4-25-8)18-12(34)10(32)6(37-18)1-20(13(35)11(33)7(2-31)38-20)30-5-26-9-16(30)27-19(22)28-17(9)36/h3-7,10-13,18,31-35H,1-2H2,(H2,21,23,24)(H3,22,27,28,36)/t6-,7-,10-,11-,12-,13-,18-,20-/m1/s1. The van der Waals surface area contributed by atoms with Gasteiger partial charge in [0.25, 0.3) is 5.56 Å². The summed E-state index contributed by atoms with van der Waals surface area (Å²) >= 11 is 0. The number of nitrogens with one attached hydrogen (secondary N) is 1. The lowest BCUT2D eigenvalue weighted by Gasteiger charge is -2.36. The topological polar surface area (TPSA) is 279 Å². The van der Waals surface area contributed by atoms with E-state index in [1.807, 2.05) is 0 Å². The Morgan fingerprint density at radius 1 is 0.974 bits per heavy atom. The number of aromatic amines is 1. The monoisotopic (exact) mass is 532 g/mol. The number of rotatable bonds is 5. The minimum atomic E-state index is -1.96. The molecule has 8 atom stereocenters. The van der Waals surface area contributed by atoms with E-state index in [4.69, 9.17) is 20.9 Å². The van der Waals surface area contributed by atoms with E-state index in [0.29, 0.717) is 0 Å². The second-order valence-electron chi connectivity index (χ2n) is 9.19. The molecule has 2 aliphatic heterocycles. The van der Waals surface area contributed by atoms with Crippen LogP contribution < -0.4 is 17.0 Å². The van der Waals surface area contributed by atoms with Gasteiger partial charge in [-0.25, -0.2) is 19.9 Å². The minimum Gasteiger partial charge on any atom is -0.394 e. The van der Waals surface area contributed by atoms with Crippen molar-refractivity contribution in [3.63, 3.8) is 0 Å². The van der Waals surface area contributed by atoms with Gasteiger partial charge in [0, 0.05) is 6.42 Å². The van der Waals surface area contributed by atoms with Crippen LogP contribution >= 0.6 is 0 Å². The molecule has 4 aromatic rings. The molecule has 0 aromatic carbocycles. The van der Waals surface area contributed by atoms with Crippen molar-refractivity contribution < 1.29 is 35.0 Å². The summed E-state index contributed by atoms with van der Waals surface area (Å²) in [5.41, 5.74) is 9.23. The van der Waals surface area contributed by atoms with Crippen LogP contribution in [0.15, 0.2) is 23.8 Å². The molecule has 0 radical (unpaired) electrons. The molecule has 38 heavy (non-hydrogen) atoms. The molecule has 2 aliphatic rings. The number of fused-ring (bicyclic) bond motifs is 2. The zero-order valence-electron chi connectivity index (χ0n) is 19.4. The van der Waals surface area contributed by atoms with Gasteiger partial charge in [-0.15, -0.1) is 0 Å². The van der Waals surface area contributed by atoms with E-state index < -0.39 is 60.7 Å². The summed E-state index contributed by atoms with van der Waals surface area (Å²) < 4.78 is 14.5. The summed E-state index contributed by atoms with van der Waals surface area (Å²) in [4.78, 5) is 35.0. The van der Waals surface area contributed by atoms with Crippen LogP contribution in [-0.4, -0.2) is 108 Å². The van der Waals surface area contributed by atoms with Gasteiger partial charge in [0.2, 0.25) is 5.95 Å². The zero-order chi connectivity index (χ0) is 26.9. The number of hydrogen-bond donors (Lipinski definition) is 8. The van der Waals surface area contributed by atoms with Gasteiger partial charge in [-0.2, -0.15) is 4.98 Å². The summed E-state index contributed by atoms with van der Waals surface area (Å²) in [6.45, 7) is -0.662. The lowest BCUT2D eigenvalue weighted by Crippen LogP contribution is -2.49. The number of aromatic nitrogens is 8. The fourth-order valence-electron chi connectivity index (χ4n) is 5.16. The number of nitrogens with zero attached hydrogens (tertiary/aromatic N) is 7. The van der Waals surface area contributed by atoms with Gasteiger partial charge in [-0.05, 0) is 0 Å². The lowest BCUT2D eigenvalue weighted by atomic mass is 9.93. The summed E-state index contributed by atoms with van der Waals surface area (Å²) in [6.07, 6.45) is -6.65. The second-order valence-corrected chi connectivity index (χ2v) is 9.19. The summed E-state index contributed by atoms with van der Waals surface area (Å²) in [7, 11) is 0. The molecule has 0 bridgehead atoms. The average molecular weight is 532 g/mol. The summed E-state index contributed by atoms with van der Waals surface area (Å²) in [6, 6.07) is 0. The van der Waals surface area contributed by atoms with E-state index in [1.165, 1.54) is 21.8 Å². The molecule has 2 saturated heterocycles. The van der Waals surface area contributed by atoms with Gasteiger partial charge in [-0.1, -0.05) is 0 Å². The number of hydrogen-bond acceptors (Lipinski definition) is 15. The Bertz CT molecular complexity index is 1570. The van der Waals surface area contributed by atoms with Crippen LogP contribution in [0.1, 0.15) is 12.6 Å². The molecule has 6 heterocycles. The zero-order valence-corrected chi connectivity index (χ0v) is 19.4. The molecule has 4 aromatic heterocycles. The molecule has 18 heteroatoms.